The number of likely N-dealkylation sites (N-methyl/N-ethyl adjacent to an activating group) is 1. The summed E-state index contributed by atoms with van der Waals surface area (Å²) < 4.78 is 27.2. The zero-order valence-electron chi connectivity index (χ0n) is 12.5. The Hall–Kier alpha value is -1.27. The van der Waals surface area contributed by atoms with E-state index in [0.29, 0.717) is 6.54 Å². The first-order valence-corrected chi connectivity index (χ1v) is 9.23. The van der Waals surface area contributed by atoms with E-state index in [1.807, 2.05) is 31.3 Å². The van der Waals surface area contributed by atoms with Gasteiger partial charge in [-0.15, -0.1) is 0 Å². The Balaban J connectivity index is 1.84. The maximum Gasteiger partial charge on any atom is 0.236 e. The van der Waals surface area contributed by atoms with Gasteiger partial charge in [0.2, 0.25) is 10.0 Å². The minimum atomic E-state index is -3.28. The van der Waals surface area contributed by atoms with Crippen LogP contribution in [-0.2, 0) is 10.0 Å². The van der Waals surface area contributed by atoms with Crippen molar-refractivity contribution < 1.29 is 8.42 Å². The van der Waals surface area contributed by atoms with E-state index < -0.39 is 10.0 Å². The molecule has 0 amide bonds. The van der Waals surface area contributed by atoms with Gasteiger partial charge in [0.05, 0.1) is 23.7 Å². The molecule has 0 bridgehead atoms. The van der Waals surface area contributed by atoms with Gasteiger partial charge in [-0.1, -0.05) is 18.6 Å². The molecule has 0 aliphatic carbocycles. The molecule has 0 radical (unpaired) electrons. The van der Waals surface area contributed by atoms with Gasteiger partial charge < -0.3 is 10.2 Å². The molecule has 2 aliphatic heterocycles. The van der Waals surface area contributed by atoms with Crippen LogP contribution in [0.2, 0.25) is 0 Å². The lowest BCUT2D eigenvalue weighted by molar-refractivity contribution is 0.423. The number of nitrogens with zero attached hydrogens (tertiary/aromatic N) is 2. The number of benzene rings is 1. The zero-order valence-corrected chi connectivity index (χ0v) is 13.3. The van der Waals surface area contributed by atoms with Gasteiger partial charge in [-0.3, -0.25) is 4.31 Å². The van der Waals surface area contributed by atoms with E-state index in [2.05, 4.69) is 10.2 Å². The van der Waals surface area contributed by atoms with Gasteiger partial charge in [0.25, 0.3) is 0 Å². The molecular weight excluding hydrogens is 286 g/mol. The van der Waals surface area contributed by atoms with E-state index in [4.69, 9.17) is 0 Å². The van der Waals surface area contributed by atoms with Crippen LogP contribution in [0, 0.1) is 0 Å². The van der Waals surface area contributed by atoms with Crippen LogP contribution in [0.5, 0.6) is 0 Å². The second-order valence-electron chi connectivity index (χ2n) is 5.91. The largest absolute Gasteiger partial charge is 0.371 e. The first-order chi connectivity index (χ1) is 10.1. The van der Waals surface area contributed by atoms with Gasteiger partial charge >= 0.3 is 0 Å². The smallest absolute Gasteiger partial charge is 0.236 e. The van der Waals surface area contributed by atoms with Crippen molar-refractivity contribution in [1.29, 1.82) is 0 Å². The molecule has 2 aliphatic rings. The van der Waals surface area contributed by atoms with Gasteiger partial charge in [-0.05, 0) is 31.5 Å². The number of sulfonamides is 1. The fraction of sp³-hybridized carbons (Fsp3) is 0.600. The highest BCUT2D eigenvalue weighted by atomic mass is 32.2. The number of fused-ring (bicyclic) bond motifs is 1. The Labute approximate surface area is 127 Å². The van der Waals surface area contributed by atoms with Crippen molar-refractivity contribution in [2.75, 3.05) is 41.6 Å². The summed E-state index contributed by atoms with van der Waals surface area (Å²) in [6.07, 6.45) is 3.22. The van der Waals surface area contributed by atoms with Crippen LogP contribution in [0.25, 0.3) is 0 Å². The summed E-state index contributed by atoms with van der Waals surface area (Å²) in [7, 11) is -1.27. The summed E-state index contributed by atoms with van der Waals surface area (Å²) in [6, 6.07) is 7.83. The summed E-state index contributed by atoms with van der Waals surface area (Å²) in [4.78, 5) is 2.11. The second-order valence-corrected chi connectivity index (χ2v) is 7.85. The molecule has 1 saturated heterocycles. The quantitative estimate of drug-likeness (QED) is 0.917. The number of hydrogen-bond acceptors (Lipinski definition) is 4. The maximum absolute atomic E-state index is 12.8. The highest BCUT2D eigenvalue weighted by Gasteiger charge is 2.31. The van der Waals surface area contributed by atoms with Crippen LogP contribution in [0.4, 0.5) is 11.4 Å². The maximum atomic E-state index is 12.8. The third kappa shape index (κ3) is 3.01. The van der Waals surface area contributed by atoms with Crippen molar-refractivity contribution in [2.24, 2.45) is 0 Å². The van der Waals surface area contributed by atoms with Crippen molar-refractivity contribution in [3.63, 3.8) is 0 Å². The summed E-state index contributed by atoms with van der Waals surface area (Å²) in [5.41, 5.74) is 1.80. The number of hydrogen-bond donors (Lipinski definition) is 1. The molecule has 1 N–H and O–H groups in total. The van der Waals surface area contributed by atoms with Crippen LogP contribution in [0.15, 0.2) is 24.3 Å². The zero-order chi connectivity index (χ0) is 14.9. The van der Waals surface area contributed by atoms with E-state index in [1.54, 1.807) is 4.31 Å². The molecule has 1 atom stereocenters. The first-order valence-electron chi connectivity index (χ1n) is 7.62. The third-order valence-electron chi connectivity index (χ3n) is 4.36. The summed E-state index contributed by atoms with van der Waals surface area (Å²) in [5.74, 6) is 0.199. The van der Waals surface area contributed by atoms with Gasteiger partial charge in [0.1, 0.15) is 0 Å². The SMILES string of the molecule is CN1CCN(S(=O)(=O)CC2CCCCN2)c2ccccc21. The predicted octanol–water partition coefficient (Wildman–Crippen LogP) is 1.41. The normalized spacial score (nSPS) is 23.0. The second kappa shape index (κ2) is 5.85. The lowest BCUT2D eigenvalue weighted by Crippen LogP contribution is -2.48. The Morgan fingerprint density at radius 3 is 2.67 bits per heavy atom. The molecule has 116 valence electrons. The fourth-order valence-electron chi connectivity index (χ4n) is 3.18. The van der Waals surface area contributed by atoms with E-state index in [0.717, 1.165) is 43.7 Å². The Bertz CT molecular complexity index is 597. The van der Waals surface area contributed by atoms with Gasteiger partial charge in [-0.25, -0.2) is 8.42 Å². The van der Waals surface area contributed by atoms with Crippen LogP contribution in [0.1, 0.15) is 19.3 Å². The van der Waals surface area contributed by atoms with Crippen LogP contribution in [-0.4, -0.2) is 46.9 Å². The van der Waals surface area contributed by atoms with Crippen molar-refractivity contribution >= 4 is 21.4 Å². The fourth-order valence-corrected chi connectivity index (χ4v) is 4.97. The first kappa shape index (κ1) is 14.7. The van der Waals surface area contributed by atoms with Crippen LogP contribution >= 0.6 is 0 Å². The molecule has 21 heavy (non-hydrogen) atoms. The van der Waals surface area contributed by atoms with Crippen molar-refractivity contribution in [3.05, 3.63) is 24.3 Å². The van der Waals surface area contributed by atoms with Gasteiger partial charge in [0, 0.05) is 19.6 Å². The molecule has 0 aromatic heterocycles. The minimum absolute atomic E-state index is 0.0931. The van der Waals surface area contributed by atoms with Crippen LogP contribution < -0.4 is 14.5 Å². The molecule has 0 saturated carbocycles. The van der Waals surface area contributed by atoms with Crippen LogP contribution in [0.3, 0.4) is 0 Å². The number of para-hydroxylation sites is 2. The van der Waals surface area contributed by atoms with Crippen molar-refractivity contribution in [1.82, 2.24) is 5.32 Å². The standard InChI is InChI=1S/C15H23N3O2S/c1-17-10-11-18(15-8-3-2-7-14(15)17)21(19,20)12-13-6-4-5-9-16-13/h2-3,7-8,13,16H,4-6,9-12H2,1H3. The summed E-state index contributed by atoms with van der Waals surface area (Å²) in [5, 5.41) is 3.33. The molecule has 2 heterocycles. The van der Waals surface area contributed by atoms with E-state index in [1.165, 1.54) is 0 Å². The molecular formula is C15H23N3O2S. The van der Waals surface area contributed by atoms with Crippen molar-refractivity contribution in [3.8, 4) is 0 Å². The summed E-state index contributed by atoms with van der Waals surface area (Å²) in [6.45, 7) is 2.19. The van der Waals surface area contributed by atoms with E-state index in [9.17, 15) is 8.42 Å². The predicted molar refractivity (Wildman–Crippen MR) is 86.5 cm³/mol. The number of piperidine rings is 1. The Morgan fingerprint density at radius 1 is 1.19 bits per heavy atom. The lowest BCUT2D eigenvalue weighted by Gasteiger charge is -2.37. The highest BCUT2D eigenvalue weighted by molar-refractivity contribution is 7.92. The molecule has 1 aromatic carbocycles. The Morgan fingerprint density at radius 2 is 1.95 bits per heavy atom. The molecule has 6 heteroatoms. The van der Waals surface area contributed by atoms with Gasteiger partial charge in [0.15, 0.2) is 0 Å². The minimum Gasteiger partial charge on any atom is -0.371 e. The number of nitrogens with one attached hydrogen (secondary N) is 1. The molecule has 5 nitrogen and oxygen atoms in total. The molecule has 0 spiro atoms. The van der Waals surface area contributed by atoms with E-state index >= 15 is 0 Å². The average molecular weight is 309 g/mol. The lowest BCUT2D eigenvalue weighted by atomic mass is 10.1. The summed E-state index contributed by atoms with van der Waals surface area (Å²) >= 11 is 0. The Kier molecular flexibility index (Phi) is 4.08. The molecule has 3 rings (SSSR count). The molecule has 1 unspecified atom stereocenters. The number of rotatable bonds is 3. The topological polar surface area (TPSA) is 52.7 Å². The molecule has 1 fully saturated rings. The number of anilines is 2. The monoisotopic (exact) mass is 309 g/mol. The van der Waals surface area contributed by atoms with Crippen molar-refractivity contribution in [2.45, 2.75) is 25.3 Å². The average Bonchev–Trinajstić information content (AvgIpc) is 2.48. The van der Waals surface area contributed by atoms with Gasteiger partial charge in [-0.2, -0.15) is 0 Å². The highest BCUT2D eigenvalue weighted by Crippen LogP contribution is 2.33. The van der Waals surface area contributed by atoms with E-state index in [-0.39, 0.29) is 11.8 Å². The third-order valence-corrected chi connectivity index (χ3v) is 6.23. The molecule has 1 aromatic rings.